The van der Waals surface area contributed by atoms with Crippen molar-refractivity contribution in [2.45, 2.75) is 0 Å². The number of fused-ring (bicyclic) bond motifs is 1. The van der Waals surface area contributed by atoms with Crippen molar-refractivity contribution >= 4 is 40.6 Å². The maximum Gasteiger partial charge on any atom is 0.336 e. The topological polar surface area (TPSA) is 64.3 Å². The summed E-state index contributed by atoms with van der Waals surface area (Å²) in [6.45, 7) is 0. The van der Waals surface area contributed by atoms with Crippen LogP contribution in [0.5, 0.6) is 0 Å². The highest BCUT2D eigenvalue weighted by Gasteiger charge is 1.92. The van der Waals surface area contributed by atoms with Crippen LogP contribution in [-0.4, -0.2) is 8.42 Å². The van der Waals surface area contributed by atoms with E-state index in [0.29, 0.717) is 5.58 Å². The molecule has 0 spiro atoms. The van der Waals surface area contributed by atoms with Crippen molar-refractivity contribution in [2.24, 2.45) is 0 Å². The van der Waals surface area contributed by atoms with Gasteiger partial charge in [-0.3, -0.25) is 0 Å². The molecule has 0 aliphatic heterocycles. The molecule has 0 unspecified atom stereocenters. The highest BCUT2D eigenvalue weighted by Crippen LogP contribution is 2.08. The Morgan fingerprint density at radius 2 is 1.56 bits per heavy atom. The largest absolute Gasteiger partial charge is 0.423 e. The minimum Gasteiger partial charge on any atom is -0.423 e. The Labute approximate surface area is 100 Å². The normalized spacial score (nSPS) is 10.6. The van der Waals surface area contributed by atoms with Crippen molar-refractivity contribution in [3.05, 3.63) is 46.8 Å². The van der Waals surface area contributed by atoms with Gasteiger partial charge in [-0.1, -0.05) is 18.2 Å². The molecule has 0 aliphatic rings. The van der Waals surface area contributed by atoms with Crippen LogP contribution in [0.1, 0.15) is 0 Å². The van der Waals surface area contributed by atoms with Crippen molar-refractivity contribution < 1.29 is 12.8 Å². The maximum absolute atomic E-state index is 10.7. The van der Waals surface area contributed by atoms with Crippen molar-refractivity contribution in [3.63, 3.8) is 0 Å². The van der Waals surface area contributed by atoms with E-state index in [1.54, 1.807) is 12.1 Å². The lowest BCUT2D eigenvalue weighted by molar-refractivity contribution is 0.561. The van der Waals surface area contributed by atoms with Crippen LogP contribution < -0.4 is 5.63 Å². The van der Waals surface area contributed by atoms with Gasteiger partial charge in [0.05, 0.1) is 0 Å². The fourth-order valence-electron chi connectivity index (χ4n) is 1.01. The zero-order valence-corrected chi connectivity index (χ0v) is 10.1. The second-order valence-electron chi connectivity index (χ2n) is 2.67. The molecular weight excluding hydrogens is 275 g/mol. The van der Waals surface area contributed by atoms with Crippen molar-refractivity contribution in [1.82, 2.24) is 0 Å². The van der Waals surface area contributed by atoms with Gasteiger partial charge in [0.25, 0.3) is 0 Å². The van der Waals surface area contributed by atoms with E-state index in [-0.39, 0.29) is 5.63 Å². The molecule has 0 N–H and O–H groups in total. The van der Waals surface area contributed by atoms with E-state index in [2.05, 4.69) is 21.4 Å². The van der Waals surface area contributed by atoms with Gasteiger partial charge in [-0.05, 0) is 12.1 Å². The smallest absolute Gasteiger partial charge is 0.336 e. The van der Waals surface area contributed by atoms with Gasteiger partial charge in [-0.2, -0.15) is 8.42 Å². The summed E-state index contributed by atoms with van der Waals surface area (Å²) in [4.78, 5) is 10.7. The van der Waals surface area contributed by atoms with Crippen molar-refractivity contribution in [1.29, 1.82) is 0 Å². The maximum atomic E-state index is 10.7. The lowest BCUT2D eigenvalue weighted by Gasteiger charge is -1.91. The molecule has 0 fully saturated rings. The summed E-state index contributed by atoms with van der Waals surface area (Å²) in [6.07, 6.45) is 0. The molecule has 1 aromatic carbocycles. The van der Waals surface area contributed by atoms with Gasteiger partial charge in [0.15, 0.2) is 0 Å². The minimum absolute atomic E-state index is 0.302. The van der Waals surface area contributed by atoms with E-state index >= 15 is 0 Å². The van der Waals surface area contributed by atoms with E-state index in [4.69, 9.17) is 12.8 Å². The summed E-state index contributed by atoms with van der Waals surface area (Å²) in [7, 11) is 4.81. The molecule has 0 radical (unpaired) electrons. The first-order valence-electron chi connectivity index (χ1n) is 3.99. The summed E-state index contributed by atoms with van der Waals surface area (Å²) in [5.41, 5.74) is 0.337. The van der Waals surface area contributed by atoms with E-state index in [1.165, 1.54) is 6.07 Å². The van der Waals surface area contributed by atoms with Crippen LogP contribution in [0, 0.1) is 0 Å². The second-order valence-corrected chi connectivity index (χ2v) is 6.34. The molecule has 0 aliphatic carbocycles. The van der Waals surface area contributed by atoms with Crippen LogP contribution in [0.3, 0.4) is 0 Å². The monoisotopic (exact) mass is 280 g/mol. The van der Waals surface area contributed by atoms with E-state index in [9.17, 15) is 4.79 Å². The predicted octanol–water partition coefficient (Wildman–Crippen LogP) is 2.50. The van der Waals surface area contributed by atoms with Gasteiger partial charge in [0.2, 0.25) is 0 Å². The second kappa shape index (κ2) is 5.34. The third kappa shape index (κ3) is 5.16. The summed E-state index contributed by atoms with van der Waals surface area (Å²) in [6, 6.07) is 10.6. The Morgan fingerprint density at radius 1 is 1.00 bits per heavy atom. The molecule has 2 aromatic rings. The highest BCUT2D eigenvalue weighted by molar-refractivity contribution is 8.31. The Bertz CT molecular complexity index is 625. The number of hydrogen-bond donors (Lipinski definition) is 0. The standard InChI is InChI=1S/C9H6O2.Cl2O2S/c10-9-6-5-7-3-1-2-4-8(7)11-9;1-5(2,3)4/h1-6H;. The lowest BCUT2D eigenvalue weighted by atomic mass is 10.2. The van der Waals surface area contributed by atoms with Gasteiger partial charge in [-0.15, -0.1) is 0 Å². The molecule has 86 valence electrons. The fraction of sp³-hybridized carbons (Fsp3) is 0. The van der Waals surface area contributed by atoms with Crippen LogP contribution in [0.4, 0.5) is 0 Å². The molecule has 0 saturated carbocycles. The van der Waals surface area contributed by atoms with Gasteiger partial charge in [-0.25, -0.2) is 4.79 Å². The summed E-state index contributed by atoms with van der Waals surface area (Å²) >= 11 is 0. The van der Waals surface area contributed by atoms with E-state index in [0.717, 1.165) is 5.39 Å². The number of para-hydroxylation sites is 1. The lowest BCUT2D eigenvalue weighted by Crippen LogP contribution is -1.93. The van der Waals surface area contributed by atoms with Gasteiger partial charge in [0.1, 0.15) is 5.58 Å². The highest BCUT2D eigenvalue weighted by atomic mass is 36.0. The minimum atomic E-state index is -3.72. The summed E-state index contributed by atoms with van der Waals surface area (Å²) < 4.78 is 23.2. The predicted molar refractivity (Wildman–Crippen MR) is 63.1 cm³/mol. The van der Waals surface area contributed by atoms with E-state index in [1.807, 2.05) is 18.2 Å². The molecule has 0 saturated heterocycles. The Kier molecular flexibility index (Phi) is 4.35. The van der Waals surface area contributed by atoms with Crippen LogP contribution in [0.15, 0.2) is 45.6 Å². The Hall–Kier alpha value is -1.04. The van der Waals surface area contributed by atoms with Gasteiger partial charge >= 0.3 is 13.9 Å². The van der Waals surface area contributed by atoms with Crippen LogP contribution in [0.2, 0.25) is 0 Å². The molecule has 0 atom stereocenters. The first-order chi connectivity index (χ1) is 7.36. The number of hydrogen-bond acceptors (Lipinski definition) is 4. The first kappa shape index (κ1) is 13.0. The first-order valence-corrected chi connectivity index (χ1v) is 7.13. The molecule has 0 amide bonds. The van der Waals surface area contributed by atoms with Gasteiger partial charge < -0.3 is 4.42 Å². The van der Waals surface area contributed by atoms with Crippen molar-refractivity contribution in [2.75, 3.05) is 0 Å². The van der Waals surface area contributed by atoms with Gasteiger partial charge in [0, 0.05) is 32.8 Å². The average Bonchev–Trinajstić information content (AvgIpc) is 2.15. The summed E-state index contributed by atoms with van der Waals surface area (Å²) in [5.74, 6) is 0. The van der Waals surface area contributed by atoms with E-state index < -0.39 is 8.26 Å². The third-order valence-electron chi connectivity index (χ3n) is 1.53. The van der Waals surface area contributed by atoms with Crippen LogP contribution in [-0.2, 0) is 8.26 Å². The quantitative estimate of drug-likeness (QED) is 0.549. The van der Waals surface area contributed by atoms with Crippen LogP contribution in [0.25, 0.3) is 11.0 Å². The molecule has 0 bridgehead atoms. The molecule has 7 heteroatoms. The Balaban J connectivity index is 0.000000221. The zero-order valence-electron chi connectivity index (χ0n) is 7.76. The molecule has 1 aromatic heterocycles. The molecule has 1 heterocycles. The van der Waals surface area contributed by atoms with Crippen LogP contribution >= 0.6 is 21.4 Å². The average molecular weight is 281 g/mol. The SMILES string of the molecule is O=S(=O)(Cl)Cl.O=c1ccc2ccccc2o1. The Morgan fingerprint density at radius 3 is 2.19 bits per heavy atom. The fourth-order valence-corrected chi connectivity index (χ4v) is 1.01. The molecule has 2 rings (SSSR count). The molecule has 16 heavy (non-hydrogen) atoms. The molecular formula is C9H6Cl2O4S. The zero-order chi connectivity index (χ0) is 12.2. The third-order valence-corrected chi connectivity index (χ3v) is 1.53. The number of benzene rings is 1. The number of halogens is 2. The number of rotatable bonds is 0. The molecule has 4 nitrogen and oxygen atoms in total. The summed E-state index contributed by atoms with van der Waals surface area (Å²) in [5, 5.41) is 0.951. The van der Waals surface area contributed by atoms with Crippen molar-refractivity contribution in [3.8, 4) is 0 Å².